The molecule has 1 heterocycles. The van der Waals surface area contributed by atoms with Crippen LogP contribution in [-0.4, -0.2) is 60.4 Å². The minimum Gasteiger partial charge on any atom is -0.339 e. The van der Waals surface area contributed by atoms with E-state index in [1.165, 1.54) is 0 Å². The zero-order valence-electron chi connectivity index (χ0n) is 16.8. The van der Waals surface area contributed by atoms with Crippen molar-refractivity contribution in [3.63, 3.8) is 0 Å². The number of hydrogen-bond acceptors (Lipinski definition) is 4. The molecule has 1 fully saturated rings. The highest BCUT2D eigenvalue weighted by Gasteiger charge is 2.28. The molecule has 152 valence electrons. The predicted molar refractivity (Wildman–Crippen MR) is 112 cm³/mol. The van der Waals surface area contributed by atoms with Crippen LogP contribution in [0.5, 0.6) is 0 Å². The van der Waals surface area contributed by atoms with Crippen LogP contribution in [0.15, 0.2) is 18.2 Å². The summed E-state index contributed by atoms with van der Waals surface area (Å²) >= 11 is 0. The van der Waals surface area contributed by atoms with Crippen LogP contribution >= 0.6 is 12.4 Å². The number of carbonyl (C=O) groups excluding carboxylic acids is 2. The number of piperazine rings is 1. The number of nitrogens with zero attached hydrogens (tertiary/aromatic N) is 2. The Morgan fingerprint density at radius 2 is 1.70 bits per heavy atom. The Kier molecular flexibility index (Phi) is 9.22. The van der Waals surface area contributed by atoms with Gasteiger partial charge in [0.2, 0.25) is 11.8 Å². The van der Waals surface area contributed by atoms with E-state index in [0.29, 0.717) is 32.7 Å². The van der Waals surface area contributed by atoms with Crippen LogP contribution in [-0.2, 0) is 9.59 Å². The van der Waals surface area contributed by atoms with Crippen molar-refractivity contribution < 1.29 is 9.59 Å². The summed E-state index contributed by atoms with van der Waals surface area (Å²) in [7, 11) is 0. The van der Waals surface area contributed by atoms with Crippen molar-refractivity contribution in [3.8, 4) is 0 Å². The molecule has 2 amide bonds. The molecule has 1 aliphatic rings. The topological polar surface area (TPSA) is 78.7 Å². The maximum absolute atomic E-state index is 12.4. The molecule has 1 aromatic carbocycles. The first-order valence-electron chi connectivity index (χ1n) is 9.46. The van der Waals surface area contributed by atoms with Crippen LogP contribution in [0.1, 0.15) is 31.4 Å². The fourth-order valence-electron chi connectivity index (χ4n) is 3.23. The Labute approximate surface area is 168 Å². The molecule has 1 aliphatic heterocycles. The van der Waals surface area contributed by atoms with Crippen molar-refractivity contribution in [3.05, 3.63) is 29.3 Å². The number of rotatable bonds is 6. The average molecular weight is 397 g/mol. The van der Waals surface area contributed by atoms with Crippen molar-refractivity contribution in [2.24, 2.45) is 11.7 Å². The highest BCUT2D eigenvalue weighted by molar-refractivity contribution is 5.93. The predicted octanol–water partition coefficient (Wildman–Crippen LogP) is 2.18. The molecule has 2 atom stereocenters. The van der Waals surface area contributed by atoms with Gasteiger partial charge in [0.15, 0.2) is 0 Å². The molecule has 6 nitrogen and oxygen atoms in total. The van der Waals surface area contributed by atoms with E-state index in [1.807, 2.05) is 50.8 Å². The number of halogens is 1. The Morgan fingerprint density at radius 3 is 2.22 bits per heavy atom. The molecular formula is C20H33ClN4O2. The van der Waals surface area contributed by atoms with Gasteiger partial charge in [-0.25, -0.2) is 0 Å². The monoisotopic (exact) mass is 396 g/mol. The van der Waals surface area contributed by atoms with E-state index in [9.17, 15) is 9.59 Å². The molecule has 7 heteroatoms. The van der Waals surface area contributed by atoms with Gasteiger partial charge in [-0.3, -0.25) is 14.5 Å². The maximum atomic E-state index is 12.4. The van der Waals surface area contributed by atoms with E-state index in [2.05, 4.69) is 10.2 Å². The summed E-state index contributed by atoms with van der Waals surface area (Å²) in [4.78, 5) is 28.7. The number of amides is 2. The van der Waals surface area contributed by atoms with Crippen molar-refractivity contribution in [1.82, 2.24) is 9.80 Å². The van der Waals surface area contributed by atoms with Crippen molar-refractivity contribution in [2.75, 3.05) is 38.0 Å². The molecule has 0 aliphatic carbocycles. The van der Waals surface area contributed by atoms with Gasteiger partial charge in [-0.05, 0) is 30.9 Å². The number of carbonyl (C=O) groups is 2. The number of benzene rings is 1. The Balaban J connectivity index is 0.00000364. The summed E-state index contributed by atoms with van der Waals surface area (Å²) in [6.07, 6.45) is 0.894. The Morgan fingerprint density at radius 1 is 1.15 bits per heavy atom. The normalized spacial score (nSPS) is 17.0. The second-order valence-electron chi connectivity index (χ2n) is 7.33. The van der Waals surface area contributed by atoms with Crippen molar-refractivity contribution in [1.29, 1.82) is 0 Å². The average Bonchev–Trinajstić information content (AvgIpc) is 2.63. The third kappa shape index (κ3) is 6.19. The molecular weight excluding hydrogens is 364 g/mol. The molecule has 2 rings (SSSR count). The summed E-state index contributed by atoms with van der Waals surface area (Å²) in [5.41, 5.74) is 9.08. The smallest absolute Gasteiger partial charge is 0.239 e. The first-order chi connectivity index (χ1) is 12.3. The third-order valence-corrected chi connectivity index (χ3v) is 5.34. The van der Waals surface area contributed by atoms with Gasteiger partial charge in [0.25, 0.3) is 0 Å². The van der Waals surface area contributed by atoms with Gasteiger partial charge in [-0.1, -0.05) is 38.5 Å². The van der Waals surface area contributed by atoms with Gasteiger partial charge in [-0.2, -0.15) is 0 Å². The third-order valence-electron chi connectivity index (χ3n) is 5.34. The van der Waals surface area contributed by atoms with Crippen LogP contribution < -0.4 is 11.1 Å². The molecule has 1 aromatic rings. The Hall–Kier alpha value is -1.63. The number of hydrogen-bond donors (Lipinski definition) is 2. The lowest BCUT2D eigenvalue weighted by atomic mass is 9.98. The number of nitrogens with one attached hydrogen (secondary N) is 1. The number of aryl methyl sites for hydroxylation is 2. The van der Waals surface area contributed by atoms with Gasteiger partial charge < -0.3 is 16.0 Å². The van der Waals surface area contributed by atoms with Gasteiger partial charge in [0, 0.05) is 31.9 Å². The lowest BCUT2D eigenvalue weighted by Crippen LogP contribution is -2.55. The second-order valence-corrected chi connectivity index (χ2v) is 7.33. The van der Waals surface area contributed by atoms with Crippen LogP contribution in [0.25, 0.3) is 0 Å². The standard InChI is InChI=1S/C20H32N4O2.ClH/c1-5-14(2)18(21)20(26)24-11-9-23(10-12-24)13-17(25)22-19-15(3)7-6-8-16(19)4;/h6-8,14,18H,5,9-13,21H2,1-4H3,(H,22,25);1H. The Bertz CT molecular complexity index is 625. The maximum Gasteiger partial charge on any atom is 0.239 e. The number of para-hydroxylation sites is 1. The van der Waals surface area contributed by atoms with E-state index in [4.69, 9.17) is 5.73 Å². The molecule has 2 unspecified atom stereocenters. The summed E-state index contributed by atoms with van der Waals surface area (Å²) in [6.45, 7) is 11.0. The van der Waals surface area contributed by atoms with E-state index in [0.717, 1.165) is 23.2 Å². The summed E-state index contributed by atoms with van der Waals surface area (Å²) in [6, 6.07) is 5.54. The lowest BCUT2D eigenvalue weighted by Gasteiger charge is -2.36. The van der Waals surface area contributed by atoms with Crippen molar-refractivity contribution in [2.45, 2.75) is 40.2 Å². The van der Waals surface area contributed by atoms with Gasteiger partial charge in [0.1, 0.15) is 0 Å². The molecule has 0 aromatic heterocycles. The van der Waals surface area contributed by atoms with E-state index < -0.39 is 6.04 Å². The molecule has 0 spiro atoms. The second kappa shape index (κ2) is 10.6. The number of nitrogens with two attached hydrogens (primary N) is 1. The first-order valence-corrected chi connectivity index (χ1v) is 9.46. The summed E-state index contributed by atoms with van der Waals surface area (Å²) in [5.74, 6) is 0.195. The van der Waals surface area contributed by atoms with Crippen molar-refractivity contribution >= 4 is 29.9 Å². The molecule has 0 saturated carbocycles. The molecule has 0 bridgehead atoms. The summed E-state index contributed by atoms with van der Waals surface area (Å²) < 4.78 is 0. The van der Waals surface area contributed by atoms with E-state index in [-0.39, 0.29) is 30.1 Å². The van der Waals surface area contributed by atoms with Gasteiger partial charge >= 0.3 is 0 Å². The molecule has 0 radical (unpaired) electrons. The van der Waals surface area contributed by atoms with Crippen LogP contribution in [0.3, 0.4) is 0 Å². The van der Waals surface area contributed by atoms with E-state index >= 15 is 0 Å². The minimum atomic E-state index is -0.432. The largest absolute Gasteiger partial charge is 0.339 e. The van der Waals surface area contributed by atoms with E-state index in [1.54, 1.807) is 0 Å². The number of anilines is 1. The first kappa shape index (κ1) is 23.4. The van der Waals surface area contributed by atoms with Gasteiger partial charge in [-0.15, -0.1) is 12.4 Å². The molecule has 3 N–H and O–H groups in total. The molecule has 1 saturated heterocycles. The minimum absolute atomic E-state index is 0. The lowest BCUT2D eigenvalue weighted by molar-refractivity contribution is -0.135. The summed E-state index contributed by atoms with van der Waals surface area (Å²) in [5, 5.41) is 3.02. The fraction of sp³-hybridized carbons (Fsp3) is 0.600. The zero-order chi connectivity index (χ0) is 19.3. The molecule has 27 heavy (non-hydrogen) atoms. The SMILES string of the molecule is CCC(C)C(N)C(=O)N1CCN(CC(=O)Nc2c(C)cccc2C)CC1.Cl. The van der Waals surface area contributed by atoms with Crippen LogP contribution in [0.4, 0.5) is 5.69 Å². The van der Waals surface area contributed by atoms with Crippen LogP contribution in [0, 0.1) is 19.8 Å². The highest BCUT2D eigenvalue weighted by atomic mass is 35.5. The quantitative estimate of drug-likeness (QED) is 0.772. The zero-order valence-corrected chi connectivity index (χ0v) is 17.6. The van der Waals surface area contributed by atoms with Crippen LogP contribution in [0.2, 0.25) is 0 Å². The highest BCUT2D eigenvalue weighted by Crippen LogP contribution is 2.19. The van der Waals surface area contributed by atoms with Gasteiger partial charge in [0.05, 0.1) is 12.6 Å². The fourth-order valence-corrected chi connectivity index (χ4v) is 3.23.